The number of rotatable bonds is 5. The van der Waals surface area contributed by atoms with Gasteiger partial charge in [-0.3, -0.25) is 0 Å². The minimum Gasteiger partial charge on any atom is -0.464 e. The predicted molar refractivity (Wildman–Crippen MR) is 88.6 cm³/mol. The normalized spacial score (nSPS) is 20.5. The number of amides is 2. The molecule has 1 aromatic heterocycles. The third-order valence-electron chi connectivity index (χ3n) is 4.23. The van der Waals surface area contributed by atoms with Crippen molar-refractivity contribution >= 4 is 6.03 Å². The molecule has 0 aliphatic heterocycles. The first kappa shape index (κ1) is 16.5. The molecular weight excluding hydrogens is 308 g/mol. The van der Waals surface area contributed by atoms with Gasteiger partial charge in [0.2, 0.25) is 0 Å². The zero-order valence-corrected chi connectivity index (χ0v) is 13.8. The number of aliphatic hydroxyl groups is 1. The summed E-state index contributed by atoms with van der Waals surface area (Å²) in [5.74, 6) is 1.41. The van der Waals surface area contributed by atoms with E-state index in [1.165, 1.54) is 0 Å². The Hall–Kier alpha value is -2.31. The van der Waals surface area contributed by atoms with E-state index in [0.717, 1.165) is 16.9 Å². The maximum absolute atomic E-state index is 12.4. The molecule has 24 heavy (non-hydrogen) atoms. The number of hydrogen-bond donors (Lipinski definition) is 3. The van der Waals surface area contributed by atoms with E-state index in [2.05, 4.69) is 10.6 Å². The summed E-state index contributed by atoms with van der Waals surface area (Å²) in [6.07, 6.45) is -0.0834. The van der Waals surface area contributed by atoms with Gasteiger partial charge in [0.1, 0.15) is 17.6 Å². The number of ether oxygens (including phenoxy) is 1. The first-order valence-electron chi connectivity index (χ1n) is 7.96. The fraction of sp³-hybridized carbons (Fsp3) is 0.389. The summed E-state index contributed by atoms with van der Waals surface area (Å²) in [4.78, 5) is 12.4. The summed E-state index contributed by atoms with van der Waals surface area (Å²) >= 11 is 0. The second kappa shape index (κ2) is 7.07. The second-order valence-corrected chi connectivity index (χ2v) is 6.02. The molecule has 0 saturated carbocycles. The molecular formula is C18H22N2O4. The van der Waals surface area contributed by atoms with Crippen LogP contribution in [0.5, 0.6) is 0 Å². The van der Waals surface area contributed by atoms with Gasteiger partial charge >= 0.3 is 6.03 Å². The highest BCUT2D eigenvalue weighted by Crippen LogP contribution is 2.31. The lowest BCUT2D eigenvalue weighted by molar-refractivity contribution is 0.136. The summed E-state index contributed by atoms with van der Waals surface area (Å²) in [5.41, 5.74) is 2.02. The number of benzene rings is 1. The zero-order chi connectivity index (χ0) is 17.1. The lowest BCUT2D eigenvalue weighted by Crippen LogP contribution is -2.43. The Kier molecular flexibility index (Phi) is 4.87. The van der Waals surface area contributed by atoms with Crippen molar-refractivity contribution in [1.29, 1.82) is 0 Å². The molecule has 1 aromatic carbocycles. The number of carbonyl (C=O) groups excluding carboxylic acids is 1. The maximum atomic E-state index is 12.4. The van der Waals surface area contributed by atoms with Crippen molar-refractivity contribution in [3.63, 3.8) is 0 Å². The average molecular weight is 330 g/mol. The van der Waals surface area contributed by atoms with Gasteiger partial charge in [-0.05, 0) is 30.2 Å². The molecule has 6 heteroatoms. The molecule has 1 heterocycles. The van der Waals surface area contributed by atoms with Gasteiger partial charge in [0.25, 0.3) is 0 Å². The molecule has 1 unspecified atom stereocenters. The lowest BCUT2D eigenvalue weighted by Gasteiger charge is -2.21. The van der Waals surface area contributed by atoms with Crippen molar-refractivity contribution in [1.82, 2.24) is 10.6 Å². The number of carbonyl (C=O) groups is 1. The van der Waals surface area contributed by atoms with Crippen molar-refractivity contribution in [3.8, 4) is 0 Å². The molecule has 0 saturated heterocycles. The van der Waals surface area contributed by atoms with Crippen LogP contribution in [0.25, 0.3) is 0 Å². The van der Waals surface area contributed by atoms with Crippen molar-refractivity contribution in [2.24, 2.45) is 0 Å². The molecule has 1 aliphatic carbocycles. The number of furan rings is 1. The Balaban J connectivity index is 1.68. The standard InChI is InChI=1S/C18H22N2O4/c1-11-7-8-16(24-11)14(10-23-2)19-18(22)20-17-13-6-4-3-5-12(13)9-15(17)21/h3-8,14-15,17,21H,9-10H2,1-2H3,(H2,19,20,22)/t14?,15-,17+/m1/s1. The van der Waals surface area contributed by atoms with Crippen LogP contribution < -0.4 is 10.6 Å². The topological polar surface area (TPSA) is 83.7 Å². The van der Waals surface area contributed by atoms with Gasteiger partial charge in [-0.2, -0.15) is 0 Å². The third-order valence-corrected chi connectivity index (χ3v) is 4.23. The minimum absolute atomic E-state index is 0.296. The van der Waals surface area contributed by atoms with Crippen molar-refractivity contribution in [2.45, 2.75) is 31.5 Å². The van der Waals surface area contributed by atoms with Crippen LogP contribution in [0.1, 0.15) is 34.7 Å². The predicted octanol–water partition coefficient (Wildman–Crippen LogP) is 2.23. The summed E-state index contributed by atoms with van der Waals surface area (Å²) in [7, 11) is 1.57. The third kappa shape index (κ3) is 3.44. The van der Waals surface area contributed by atoms with Crippen LogP contribution in [-0.4, -0.2) is 31.0 Å². The summed E-state index contributed by atoms with van der Waals surface area (Å²) in [6.45, 7) is 2.14. The molecule has 6 nitrogen and oxygen atoms in total. The molecule has 3 rings (SSSR count). The zero-order valence-electron chi connectivity index (χ0n) is 13.8. The Morgan fingerprint density at radius 3 is 2.88 bits per heavy atom. The molecule has 0 fully saturated rings. The lowest BCUT2D eigenvalue weighted by atomic mass is 10.1. The Morgan fingerprint density at radius 1 is 1.38 bits per heavy atom. The van der Waals surface area contributed by atoms with E-state index in [0.29, 0.717) is 18.8 Å². The number of methoxy groups -OCH3 is 1. The van der Waals surface area contributed by atoms with E-state index >= 15 is 0 Å². The Labute approximate surface area is 140 Å². The Morgan fingerprint density at radius 2 is 2.17 bits per heavy atom. The fourth-order valence-electron chi connectivity index (χ4n) is 3.09. The largest absolute Gasteiger partial charge is 0.464 e. The number of hydrogen-bond acceptors (Lipinski definition) is 4. The van der Waals surface area contributed by atoms with Crippen molar-refractivity contribution in [3.05, 3.63) is 59.0 Å². The highest BCUT2D eigenvalue weighted by atomic mass is 16.5. The van der Waals surface area contributed by atoms with E-state index in [9.17, 15) is 9.90 Å². The highest BCUT2D eigenvalue weighted by molar-refractivity contribution is 5.75. The van der Waals surface area contributed by atoms with E-state index < -0.39 is 18.2 Å². The summed E-state index contributed by atoms with van der Waals surface area (Å²) < 4.78 is 10.7. The van der Waals surface area contributed by atoms with Gasteiger partial charge in [0, 0.05) is 13.5 Å². The smallest absolute Gasteiger partial charge is 0.316 e. The summed E-state index contributed by atoms with van der Waals surface area (Å²) in [5, 5.41) is 15.9. The van der Waals surface area contributed by atoms with Crippen LogP contribution in [0.3, 0.4) is 0 Å². The number of aliphatic hydroxyl groups excluding tert-OH is 1. The molecule has 0 radical (unpaired) electrons. The van der Waals surface area contributed by atoms with Crippen LogP contribution >= 0.6 is 0 Å². The fourth-order valence-corrected chi connectivity index (χ4v) is 3.09. The molecule has 128 valence electrons. The number of urea groups is 1. The van der Waals surface area contributed by atoms with Gasteiger partial charge in [-0.15, -0.1) is 0 Å². The van der Waals surface area contributed by atoms with Crippen LogP contribution in [0.2, 0.25) is 0 Å². The monoisotopic (exact) mass is 330 g/mol. The molecule has 0 bridgehead atoms. The van der Waals surface area contributed by atoms with E-state index in [-0.39, 0.29) is 6.03 Å². The molecule has 2 aromatic rings. The van der Waals surface area contributed by atoms with Crippen LogP contribution in [0.15, 0.2) is 40.8 Å². The minimum atomic E-state index is -0.625. The van der Waals surface area contributed by atoms with Crippen LogP contribution in [0, 0.1) is 6.92 Å². The van der Waals surface area contributed by atoms with E-state index in [1.807, 2.05) is 43.3 Å². The van der Waals surface area contributed by atoms with Crippen molar-refractivity contribution < 1.29 is 19.1 Å². The Bertz CT molecular complexity index is 713. The quantitative estimate of drug-likeness (QED) is 0.785. The number of fused-ring (bicyclic) bond motifs is 1. The number of aryl methyl sites for hydroxylation is 1. The molecule has 2 amide bonds. The summed E-state index contributed by atoms with van der Waals surface area (Å²) in [6, 6.07) is 10.2. The SMILES string of the molecule is COCC(NC(=O)N[C@H]1c2ccccc2C[C@H]1O)c1ccc(C)o1. The van der Waals surface area contributed by atoms with Gasteiger partial charge in [-0.1, -0.05) is 24.3 Å². The van der Waals surface area contributed by atoms with E-state index in [4.69, 9.17) is 9.15 Å². The van der Waals surface area contributed by atoms with Crippen LogP contribution in [-0.2, 0) is 11.2 Å². The number of nitrogens with one attached hydrogen (secondary N) is 2. The van der Waals surface area contributed by atoms with E-state index in [1.54, 1.807) is 7.11 Å². The second-order valence-electron chi connectivity index (χ2n) is 6.02. The van der Waals surface area contributed by atoms with Gasteiger partial charge < -0.3 is 24.9 Å². The molecule has 0 spiro atoms. The van der Waals surface area contributed by atoms with Gasteiger partial charge in [-0.25, -0.2) is 4.79 Å². The molecule has 1 aliphatic rings. The highest BCUT2D eigenvalue weighted by Gasteiger charge is 2.32. The van der Waals surface area contributed by atoms with Gasteiger partial charge in [0.05, 0.1) is 18.8 Å². The molecule has 3 N–H and O–H groups in total. The first-order valence-corrected chi connectivity index (χ1v) is 7.96. The van der Waals surface area contributed by atoms with Gasteiger partial charge in [0.15, 0.2) is 0 Å². The first-order chi connectivity index (χ1) is 11.6. The molecule has 3 atom stereocenters. The average Bonchev–Trinajstić information content (AvgIpc) is 3.11. The van der Waals surface area contributed by atoms with Crippen LogP contribution in [0.4, 0.5) is 4.79 Å². The maximum Gasteiger partial charge on any atom is 0.316 e. The van der Waals surface area contributed by atoms with Crippen molar-refractivity contribution in [2.75, 3.05) is 13.7 Å².